The second-order valence-corrected chi connectivity index (χ2v) is 8.78. The maximum atomic E-state index is 13.0. The zero-order chi connectivity index (χ0) is 17.2. The summed E-state index contributed by atoms with van der Waals surface area (Å²) >= 11 is 5.97. The average Bonchev–Trinajstić information content (AvgIpc) is 3.36. The molecule has 1 aromatic rings. The summed E-state index contributed by atoms with van der Waals surface area (Å²) in [5, 5.41) is 4.45. The first-order valence-electron chi connectivity index (χ1n) is 9.94. The van der Waals surface area contributed by atoms with Crippen molar-refractivity contribution in [2.75, 3.05) is 13.1 Å². The first-order valence-corrected chi connectivity index (χ1v) is 10.3. The minimum Gasteiger partial charge on any atom is -0.342 e. The smallest absolute Gasteiger partial charge is 0.222 e. The van der Waals surface area contributed by atoms with Gasteiger partial charge in [-0.25, -0.2) is 0 Å². The highest BCUT2D eigenvalue weighted by Gasteiger charge is 2.35. The number of piperidine rings is 1. The molecular formula is C21H29ClN2O. The Morgan fingerprint density at radius 1 is 1.04 bits per heavy atom. The van der Waals surface area contributed by atoms with Gasteiger partial charge in [0.05, 0.1) is 0 Å². The predicted octanol–water partition coefficient (Wildman–Crippen LogP) is 4.04. The molecule has 1 N–H and O–H groups in total. The second-order valence-electron chi connectivity index (χ2n) is 8.34. The fraction of sp³-hybridized carbons (Fsp3) is 0.667. The minimum atomic E-state index is 0.382. The molecule has 0 aromatic heterocycles. The molecule has 0 radical (unpaired) electrons. The van der Waals surface area contributed by atoms with Gasteiger partial charge in [0.1, 0.15) is 0 Å². The molecule has 25 heavy (non-hydrogen) atoms. The number of fused-ring (bicyclic) bond motifs is 2. The van der Waals surface area contributed by atoms with E-state index in [9.17, 15) is 4.79 Å². The minimum absolute atomic E-state index is 0.382. The van der Waals surface area contributed by atoms with Gasteiger partial charge in [-0.3, -0.25) is 4.79 Å². The normalized spacial score (nSPS) is 28.1. The van der Waals surface area contributed by atoms with E-state index in [1.54, 1.807) is 0 Å². The monoisotopic (exact) mass is 360 g/mol. The number of hydrogen-bond donors (Lipinski definition) is 1. The number of nitrogens with one attached hydrogen (secondary N) is 1. The molecule has 2 saturated heterocycles. The Labute approximate surface area is 156 Å². The zero-order valence-electron chi connectivity index (χ0n) is 14.9. The van der Waals surface area contributed by atoms with Crippen molar-refractivity contribution in [2.24, 2.45) is 11.8 Å². The Hall–Kier alpha value is -1.06. The molecule has 1 saturated carbocycles. The summed E-state index contributed by atoms with van der Waals surface area (Å²) in [5.74, 6) is 1.72. The second kappa shape index (κ2) is 7.67. The Morgan fingerprint density at radius 3 is 2.36 bits per heavy atom. The average molecular weight is 361 g/mol. The summed E-state index contributed by atoms with van der Waals surface area (Å²) in [6.07, 6.45) is 9.25. The van der Waals surface area contributed by atoms with Crippen molar-refractivity contribution in [3.05, 3.63) is 34.9 Å². The van der Waals surface area contributed by atoms with Gasteiger partial charge >= 0.3 is 0 Å². The quantitative estimate of drug-likeness (QED) is 0.795. The third kappa shape index (κ3) is 4.77. The van der Waals surface area contributed by atoms with E-state index in [4.69, 9.17) is 11.6 Å². The molecule has 4 heteroatoms. The van der Waals surface area contributed by atoms with E-state index in [1.807, 2.05) is 12.1 Å². The Balaban J connectivity index is 1.32. The number of carbonyl (C=O) groups excluding carboxylic acids is 1. The highest BCUT2D eigenvalue weighted by atomic mass is 35.5. The van der Waals surface area contributed by atoms with E-state index in [0.29, 0.717) is 23.9 Å². The van der Waals surface area contributed by atoms with Gasteiger partial charge in [0.25, 0.3) is 0 Å². The lowest BCUT2D eigenvalue weighted by Gasteiger charge is -2.31. The van der Waals surface area contributed by atoms with Gasteiger partial charge in [-0.05, 0) is 74.5 Å². The van der Waals surface area contributed by atoms with E-state index < -0.39 is 0 Å². The van der Waals surface area contributed by atoms with Gasteiger partial charge in [0.15, 0.2) is 0 Å². The van der Waals surface area contributed by atoms with Crippen LogP contribution in [0.2, 0.25) is 5.02 Å². The van der Waals surface area contributed by atoms with Crippen LogP contribution in [0.3, 0.4) is 0 Å². The molecule has 1 amide bonds. The van der Waals surface area contributed by atoms with Crippen LogP contribution in [0.4, 0.5) is 0 Å². The molecule has 4 rings (SSSR count). The lowest BCUT2D eigenvalue weighted by Crippen LogP contribution is -2.41. The fourth-order valence-electron chi connectivity index (χ4n) is 4.56. The molecule has 3 nitrogen and oxygen atoms in total. The molecule has 3 aliphatic rings. The zero-order valence-corrected chi connectivity index (χ0v) is 15.7. The van der Waals surface area contributed by atoms with Gasteiger partial charge in [-0.2, -0.15) is 0 Å². The fourth-order valence-corrected chi connectivity index (χ4v) is 4.69. The van der Waals surface area contributed by atoms with Crippen LogP contribution in [0.1, 0.15) is 50.5 Å². The van der Waals surface area contributed by atoms with E-state index in [1.165, 1.54) is 44.1 Å². The number of rotatable bonds is 7. The van der Waals surface area contributed by atoms with Gasteiger partial charge < -0.3 is 10.2 Å². The standard InChI is InChI=1S/C21H29ClN2O/c22-18-5-3-15(4-6-18)9-10-24(14-16-1-2-16)21(25)13-17-11-19-7-8-20(12-17)23-19/h3-6,16-17,19-20,23H,1-2,7-14H2. The summed E-state index contributed by atoms with van der Waals surface area (Å²) in [4.78, 5) is 15.1. The summed E-state index contributed by atoms with van der Waals surface area (Å²) in [5.41, 5.74) is 1.26. The summed E-state index contributed by atoms with van der Waals surface area (Å²) in [6, 6.07) is 9.37. The topological polar surface area (TPSA) is 32.3 Å². The third-order valence-electron chi connectivity index (χ3n) is 6.15. The predicted molar refractivity (Wildman–Crippen MR) is 102 cm³/mol. The van der Waals surface area contributed by atoms with E-state index >= 15 is 0 Å². The summed E-state index contributed by atoms with van der Waals surface area (Å²) < 4.78 is 0. The number of carbonyl (C=O) groups is 1. The van der Waals surface area contributed by atoms with E-state index in [0.717, 1.165) is 36.9 Å². The molecule has 2 atom stereocenters. The van der Waals surface area contributed by atoms with Crippen molar-refractivity contribution < 1.29 is 4.79 Å². The molecule has 2 heterocycles. The van der Waals surface area contributed by atoms with Crippen LogP contribution >= 0.6 is 11.6 Å². The molecule has 3 fully saturated rings. The van der Waals surface area contributed by atoms with Crippen molar-refractivity contribution >= 4 is 17.5 Å². The highest BCUT2D eigenvalue weighted by molar-refractivity contribution is 6.30. The molecule has 2 bridgehead atoms. The first kappa shape index (κ1) is 17.4. The largest absolute Gasteiger partial charge is 0.342 e. The summed E-state index contributed by atoms with van der Waals surface area (Å²) in [6.45, 7) is 1.80. The van der Waals surface area contributed by atoms with Crippen molar-refractivity contribution in [1.82, 2.24) is 10.2 Å². The Bertz CT molecular complexity index is 586. The maximum absolute atomic E-state index is 13.0. The molecule has 1 aliphatic carbocycles. The van der Waals surface area contributed by atoms with Gasteiger partial charge in [-0.1, -0.05) is 23.7 Å². The van der Waals surface area contributed by atoms with Gasteiger partial charge in [0, 0.05) is 36.6 Å². The molecular weight excluding hydrogens is 332 g/mol. The van der Waals surface area contributed by atoms with Crippen LogP contribution in [-0.4, -0.2) is 36.0 Å². The van der Waals surface area contributed by atoms with E-state index in [2.05, 4.69) is 22.3 Å². The maximum Gasteiger partial charge on any atom is 0.222 e. The van der Waals surface area contributed by atoms with Crippen LogP contribution < -0.4 is 5.32 Å². The molecule has 2 aliphatic heterocycles. The number of hydrogen-bond acceptors (Lipinski definition) is 2. The number of halogens is 1. The van der Waals surface area contributed by atoms with Crippen molar-refractivity contribution in [3.8, 4) is 0 Å². The lowest BCUT2D eigenvalue weighted by molar-refractivity contribution is -0.132. The third-order valence-corrected chi connectivity index (χ3v) is 6.40. The van der Waals surface area contributed by atoms with Crippen LogP contribution in [0, 0.1) is 11.8 Å². The SMILES string of the molecule is O=C(CC1CC2CCC(C1)N2)N(CCc1ccc(Cl)cc1)CC1CC1. The first-order chi connectivity index (χ1) is 12.2. The van der Waals surface area contributed by atoms with Crippen molar-refractivity contribution in [2.45, 2.75) is 63.5 Å². The summed E-state index contributed by atoms with van der Waals surface area (Å²) in [7, 11) is 0. The lowest BCUT2D eigenvalue weighted by atomic mass is 9.89. The Kier molecular flexibility index (Phi) is 5.33. The van der Waals surface area contributed by atoms with Gasteiger partial charge in [-0.15, -0.1) is 0 Å². The highest BCUT2D eigenvalue weighted by Crippen LogP contribution is 2.34. The van der Waals surface area contributed by atoms with Crippen LogP contribution in [0.5, 0.6) is 0 Å². The van der Waals surface area contributed by atoms with Crippen molar-refractivity contribution in [1.29, 1.82) is 0 Å². The van der Waals surface area contributed by atoms with Crippen molar-refractivity contribution in [3.63, 3.8) is 0 Å². The molecule has 2 unspecified atom stereocenters. The number of benzene rings is 1. The Morgan fingerprint density at radius 2 is 1.72 bits per heavy atom. The van der Waals surface area contributed by atoms with Crippen LogP contribution in [-0.2, 0) is 11.2 Å². The van der Waals surface area contributed by atoms with Gasteiger partial charge in [0.2, 0.25) is 5.91 Å². The number of amides is 1. The molecule has 1 aromatic carbocycles. The van der Waals surface area contributed by atoms with Crippen LogP contribution in [0.15, 0.2) is 24.3 Å². The molecule has 0 spiro atoms. The molecule has 136 valence electrons. The van der Waals surface area contributed by atoms with E-state index in [-0.39, 0.29) is 0 Å². The number of nitrogens with zero attached hydrogens (tertiary/aromatic N) is 1. The van der Waals surface area contributed by atoms with Crippen LogP contribution in [0.25, 0.3) is 0 Å².